The molecule has 8 nitrogen and oxygen atoms in total. The average Bonchev–Trinajstić information content (AvgIpc) is 2.73. The standard InChI is InChI=1S/C20H22N4O4/c1-14(25)23-6-8-24(9-7-23)20(26)15-4-5-21-19(12-15)22-16-2-3-17-18(13-16)28-11-10-27-17/h2-5,12-13H,6-11H2,1H3,(H,21,22). The zero-order chi connectivity index (χ0) is 19.5. The maximum atomic E-state index is 12.8. The molecule has 2 amide bonds. The van der Waals surface area contributed by atoms with Gasteiger partial charge < -0.3 is 24.6 Å². The maximum absolute atomic E-state index is 12.8. The highest BCUT2D eigenvalue weighted by Gasteiger charge is 2.23. The number of carbonyl (C=O) groups excluding carboxylic acids is 2. The molecule has 4 rings (SSSR count). The molecule has 0 aliphatic carbocycles. The molecule has 3 heterocycles. The monoisotopic (exact) mass is 382 g/mol. The highest BCUT2D eigenvalue weighted by Crippen LogP contribution is 2.33. The smallest absolute Gasteiger partial charge is 0.254 e. The van der Waals surface area contributed by atoms with Crippen LogP contribution in [0.3, 0.4) is 0 Å². The fourth-order valence-electron chi connectivity index (χ4n) is 3.31. The Bertz CT molecular complexity index is 894. The summed E-state index contributed by atoms with van der Waals surface area (Å²) in [5, 5.41) is 3.20. The van der Waals surface area contributed by atoms with E-state index in [9.17, 15) is 9.59 Å². The number of nitrogens with zero attached hydrogens (tertiary/aromatic N) is 3. The molecule has 0 unspecified atom stereocenters. The van der Waals surface area contributed by atoms with Crippen LogP contribution in [0, 0.1) is 0 Å². The van der Waals surface area contributed by atoms with Crippen LogP contribution in [0.4, 0.5) is 11.5 Å². The lowest BCUT2D eigenvalue weighted by molar-refractivity contribution is -0.130. The molecular weight excluding hydrogens is 360 g/mol. The van der Waals surface area contributed by atoms with E-state index in [2.05, 4.69) is 10.3 Å². The highest BCUT2D eigenvalue weighted by atomic mass is 16.6. The van der Waals surface area contributed by atoms with E-state index in [0.29, 0.717) is 56.5 Å². The van der Waals surface area contributed by atoms with Crippen LogP contribution in [0.5, 0.6) is 11.5 Å². The number of hydrogen-bond acceptors (Lipinski definition) is 6. The van der Waals surface area contributed by atoms with Gasteiger partial charge in [-0.05, 0) is 24.3 Å². The van der Waals surface area contributed by atoms with Crippen molar-refractivity contribution in [3.8, 4) is 11.5 Å². The van der Waals surface area contributed by atoms with Crippen molar-refractivity contribution < 1.29 is 19.1 Å². The van der Waals surface area contributed by atoms with Crippen molar-refractivity contribution in [2.24, 2.45) is 0 Å². The van der Waals surface area contributed by atoms with Crippen LogP contribution < -0.4 is 14.8 Å². The molecule has 0 radical (unpaired) electrons. The topological polar surface area (TPSA) is 84.0 Å². The summed E-state index contributed by atoms with van der Waals surface area (Å²) in [5.74, 6) is 1.97. The highest BCUT2D eigenvalue weighted by molar-refractivity contribution is 5.95. The first-order valence-electron chi connectivity index (χ1n) is 9.28. The van der Waals surface area contributed by atoms with Gasteiger partial charge in [-0.15, -0.1) is 0 Å². The number of piperazine rings is 1. The Morgan fingerprint density at radius 1 is 0.964 bits per heavy atom. The molecule has 2 aliphatic rings. The fraction of sp³-hybridized carbons (Fsp3) is 0.350. The Kier molecular flexibility index (Phi) is 5.01. The minimum absolute atomic E-state index is 0.0434. The number of rotatable bonds is 3. The molecule has 1 fully saturated rings. The number of pyridine rings is 1. The van der Waals surface area contributed by atoms with Crippen LogP contribution in [0.2, 0.25) is 0 Å². The van der Waals surface area contributed by atoms with Gasteiger partial charge in [-0.25, -0.2) is 4.98 Å². The number of ether oxygens (including phenoxy) is 2. The van der Waals surface area contributed by atoms with Crippen molar-refractivity contribution in [1.29, 1.82) is 0 Å². The molecule has 2 aliphatic heterocycles. The maximum Gasteiger partial charge on any atom is 0.254 e. The first kappa shape index (κ1) is 18.1. The number of nitrogens with one attached hydrogen (secondary N) is 1. The van der Waals surface area contributed by atoms with E-state index in [1.54, 1.807) is 35.1 Å². The van der Waals surface area contributed by atoms with Gasteiger partial charge >= 0.3 is 0 Å². The van der Waals surface area contributed by atoms with Gasteiger partial charge in [-0.1, -0.05) is 0 Å². The average molecular weight is 382 g/mol. The van der Waals surface area contributed by atoms with Crippen LogP contribution in [-0.4, -0.2) is 66.0 Å². The number of benzene rings is 1. The third kappa shape index (κ3) is 3.85. The van der Waals surface area contributed by atoms with E-state index < -0.39 is 0 Å². The van der Waals surface area contributed by atoms with Gasteiger partial charge in [0.05, 0.1) is 0 Å². The Morgan fingerprint density at radius 3 is 2.43 bits per heavy atom. The zero-order valence-corrected chi connectivity index (χ0v) is 15.7. The van der Waals surface area contributed by atoms with Crippen molar-refractivity contribution in [2.45, 2.75) is 6.92 Å². The molecule has 146 valence electrons. The molecule has 1 aromatic carbocycles. The predicted octanol–water partition coefficient (Wildman–Crippen LogP) is 1.90. The number of amides is 2. The largest absolute Gasteiger partial charge is 0.486 e. The lowest BCUT2D eigenvalue weighted by Crippen LogP contribution is -2.50. The summed E-state index contributed by atoms with van der Waals surface area (Å²) in [6, 6.07) is 9.02. The summed E-state index contributed by atoms with van der Waals surface area (Å²) in [6.07, 6.45) is 1.61. The van der Waals surface area contributed by atoms with Crippen LogP contribution in [0.1, 0.15) is 17.3 Å². The second kappa shape index (κ2) is 7.75. The molecule has 2 aromatic rings. The first-order valence-corrected chi connectivity index (χ1v) is 9.28. The van der Waals surface area contributed by atoms with E-state index in [4.69, 9.17) is 9.47 Å². The number of aromatic nitrogens is 1. The van der Waals surface area contributed by atoms with Gasteiger partial charge in [0, 0.05) is 56.6 Å². The van der Waals surface area contributed by atoms with Crippen LogP contribution in [0.15, 0.2) is 36.5 Å². The molecule has 1 aromatic heterocycles. The van der Waals surface area contributed by atoms with E-state index in [1.165, 1.54) is 0 Å². The Morgan fingerprint density at radius 2 is 1.68 bits per heavy atom. The second-order valence-electron chi connectivity index (χ2n) is 6.71. The SMILES string of the molecule is CC(=O)N1CCN(C(=O)c2ccnc(Nc3ccc4c(c3)OCCO4)c2)CC1. The van der Waals surface area contributed by atoms with Gasteiger partial charge in [-0.2, -0.15) is 0 Å². The van der Waals surface area contributed by atoms with Crippen LogP contribution >= 0.6 is 0 Å². The van der Waals surface area contributed by atoms with Crippen molar-refractivity contribution in [3.63, 3.8) is 0 Å². The minimum Gasteiger partial charge on any atom is -0.486 e. The molecule has 0 bridgehead atoms. The first-order chi connectivity index (χ1) is 13.6. The van der Waals surface area contributed by atoms with Gasteiger partial charge in [0.15, 0.2) is 11.5 Å². The van der Waals surface area contributed by atoms with Crippen molar-refractivity contribution in [1.82, 2.24) is 14.8 Å². The summed E-state index contributed by atoms with van der Waals surface area (Å²) in [6.45, 7) is 4.82. The number of anilines is 2. The van der Waals surface area contributed by atoms with Gasteiger partial charge in [-0.3, -0.25) is 9.59 Å². The van der Waals surface area contributed by atoms with Gasteiger partial charge in [0.25, 0.3) is 5.91 Å². The number of fused-ring (bicyclic) bond motifs is 1. The third-order valence-corrected chi connectivity index (χ3v) is 4.83. The van der Waals surface area contributed by atoms with Gasteiger partial charge in [0.2, 0.25) is 5.91 Å². The lowest BCUT2D eigenvalue weighted by Gasteiger charge is -2.34. The molecule has 0 saturated carbocycles. The van der Waals surface area contributed by atoms with E-state index in [0.717, 1.165) is 11.4 Å². The summed E-state index contributed by atoms with van der Waals surface area (Å²) in [7, 11) is 0. The molecule has 0 atom stereocenters. The third-order valence-electron chi connectivity index (χ3n) is 4.83. The Labute approximate surface area is 163 Å². The summed E-state index contributed by atoms with van der Waals surface area (Å²) < 4.78 is 11.1. The van der Waals surface area contributed by atoms with Gasteiger partial charge in [0.1, 0.15) is 19.0 Å². The zero-order valence-electron chi connectivity index (χ0n) is 15.7. The molecule has 1 saturated heterocycles. The van der Waals surface area contributed by atoms with Crippen molar-refractivity contribution in [3.05, 3.63) is 42.1 Å². The minimum atomic E-state index is -0.0594. The number of hydrogen-bond donors (Lipinski definition) is 1. The molecule has 0 spiro atoms. The Hall–Kier alpha value is -3.29. The fourth-order valence-corrected chi connectivity index (χ4v) is 3.31. The second-order valence-corrected chi connectivity index (χ2v) is 6.71. The quantitative estimate of drug-likeness (QED) is 0.873. The summed E-state index contributed by atoms with van der Waals surface area (Å²) in [4.78, 5) is 32.1. The normalized spacial score (nSPS) is 15.9. The van der Waals surface area contributed by atoms with E-state index >= 15 is 0 Å². The number of carbonyl (C=O) groups is 2. The van der Waals surface area contributed by atoms with Crippen LogP contribution in [-0.2, 0) is 4.79 Å². The van der Waals surface area contributed by atoms with E-state index in [1.807, 2.05) is 18.2 Å². The van der Waals surface area contributed by atoms with Crippen LogP contribution in [0.25, 0.3) is 0 Å². The Balaban J connectivity index is 1.44. The summed E-state index contributed by atoms with van der Waals surface area (Å²) >= 11 is 0. The lowest BCUT2D eigenvalue weighted by atomic mass is 10.2. The predicted molar refractivity (Wildman–Crippen MR) is 103 cm³/mol. The van der Waals surface area contributed by atoms with Crippen molar-refractivity contribution in [2.75, 3.05) is 44.7 Å². The molecular formula is C20H22N4O4. The molecule has 28 heavy (non-hydrogen) atoms. The molecule has 1 N–H and O–H groups in total. The van der Waals surface area contributed by atoms with Crippen molar-refractivity contribution >= 4 is 23.3 Å². The van der Waals surface area contributed by atoms with E-state index in [-0.39, 0.29) is 11.8 Å². The summed E-state index contributed by atoms with van der Waals surface area (Å²) in [5.41, 5.74) is 1.36. The molecule has 8 heteroatoms.